The van der Waals surface area contributed by atoms with Crippen molar-refractivity contribution in [3.05, 3.63) is 60.7 Å². The lowest BCUT2D eigenvalue weighted by atomic mass is 10.0. The highest BCUT2D eigenvalue weighted by Crippen LogP contribution is 2.36. The molecule has 2 heterocycles. The van der Waals surface area contributed by atoms with Crippen molar-refractivity contribution in [3.8, 4) is 39.5 Å². The number of nitrogens with zero attached hydrogens (tertiary/aromatic N) is 1. The third kappa shape index (κ3) is 3.68. The Bertz CT molecular complexity index is 1200. The SMILES string of the molecule is COc1ccc(-c2cnc3[nH]cc(-c4ccc(OC(C)C)c(F)c4)c3c2)cc1OC. The summed E-state index contributed by atoms with van der Waals surface area (Å²) in [5.41, 5.74) is 4.22. The number of benzene rings is 2. The molecule has 30 heavy (non-hydrogen) atoms. The number of methoxy groups -OCH3 is 2. The Hall–Kier alpha value is -3.54. The van der Waals surface area contributed by atoms with Crippen LogP contribution in [-0.2, 0) is 0 Å². The zero-order valence-corrected chi connectivity index (χ0v) is 17.3. The molecule has 0 aliphatic heterocycles. The number of ether oxygens (including phenoxy) is 3. The minimum absolute atomic E-state index is 0.0910. The number of H-pyrrole nitrogens is 1. The van der Waals surface area contributed by atoms with Gasteiger partial charge in [0.25, 0.3) is 0 Å². The topological polar surface area (TPSA) is 56.4 Å². The fourth-order valence-corrected chi connectivity index (χ4v) is 3.43. The van der Waals surface area contributed by atoms with Crippen LogP contribution in [0.2, 0.25) is 0 Å². The van der Waals surface area contributed by atoms with Crippen molar-refractivity contribution in [3.63, 3.8) is 0 Å². The molecule has 0 aliphatic carbocycles. The first-order valence-corrected chi connectivity index (χ1v) is 9.66. The third-order valence-electron chi connectivity index (χ3n) is 4.85. The van der Waals surface area contributed by atoms with E-state index in [0.29, 0.717) is 11.5 Å². The van der Waals surface area contributed by atoms with Crippen LogP contribution in [0.15, 0.2) is 54.9 Å². The average molecular weight is 406 g/mol. The highest BCUT2D eigenvalue weighted by atomic mass is 19.1. The van der Waals surface area contributed by atoms with Crippen LogP contribution in [0.3, 0.4) is 0 Å². The Morgan fingerprint density at radius 1 is 0.867 bits per heavy atom. The summed E-state index contributed by atoms with van der Waals surface area (Å²) in [5.74, 6) is 1.17. The summed E-state index contributed by atoms with van der Waals surface area (Å²) in [6.07, 6.45) is 3.55. The summed E-state index contributed by atoms with van der Waals surface area (Å²) in [6.45, 7) is 3.74. The van der Waals surface area contributed by atoms with Gasteiger partial charge in [-0.15, -0.1) is 0 Å². The number of fused-ring (bicyclic) bond motifs is 1. The van der Waals surface area contributed by atoms with E-state index in [4.69, 9.17) is 14.2 Å². The number of hydrogen-bond donors (Lipinski definition) is 1. The molecule has 6 heteroatoms. The predicted octanol–water partition coefficient (Wildman–Crippen LogP) is 5.84. The maximum atomic E-state index is 14.5. The van der Waals surface area contributed by atoms with Crippen LogP contribution in [0.25, 0.3) is 33.3 Å². The Morgan fingerprint density at radius 2 is 1.60 bits per heavy atom. The molecular formula is C24H23FN2O3. The molecule has 2 aromatic heterocycles. The predicted molar refractivity (Wildman–Crippen MR) is 116 cm³/mol. The van der Waals surface area contributed by atoms with Gasteiger partial charge in [0.05, 0.1) is 20.3 Å². The van der Waals surface area contributed by atoms with Crippen LogP contribution in [0.5, 0.6) is 17.2 Å². The zero-order chi connectivity index (χ0) is 21.3. The van der Waals surface area contributed by atoms with Gasteiger partial charge in [0.2, 0.25) is 0 Å². The molecule has 0 bridgehead atoms. The van der Waals surface area contributed by atoms with Crippen LogP contribution in [0.1, 0.15) is 13.8 Å². The molecule has 0 saturated heterocycles. The standard InChI is InChI=1S/C24H23FN2O3/c1-14(2)30-21-7-6-16(10-20(21)25)19-13-27-24-18(19)9-17(12-26-24)15-5-8-22(28-3)23(11-15)29-4/h5-14H,1-4H3,(H,26,27). The van der Waals surface area contributed by atoms with Gasteiger partial charge >= 0.3 is 0 Å². The number of aromatic amines is 1. The number of nitrogens with one attached hydrogen (secondary N) is 1. The molecule has 1 N–H and O–H groups in total. The van der Waals surface area contributed by atoms with Crippen molar-refractivity contribution in [2.45, 2.75) is 20.0 Å². The van der Waals surface area contributed by atoms with E-state index < -0.39 is 0 Å². The molecule has 0 spiro atoms. The minimum Gasteiger partial charge on any atom is -0.493 e. The van der Waals surface area contributed by atoms with Gasteiger partial charge < -0.3 is 19.2 Å². The quantitative estimate of drug-likeness (QED) is 0.437. The van der Waals surface area contributed by atoms with Crippen molar-refractivity contribution in [2.24, 2.45) is 0 Å². The second-order valence-electron chi connectivity index (χ2n) is 7.20. The normalized spacial score (nSPS) is 11.1. The van der Waals surface area contributed by atoms with Gasteiger partial charge in [0.1, 0.15) is 5.65 Å². The lowest BCUT2D eigenvalue weighted by Crippen LogP contribution is -2.06. The first kappa shape index (κ1) is 19.8. The van der Waals surface area contributed by atoms with Crippen LogP contribution in [0, 0.1) is 5.82 Å². The van der Waals surface area contributed by atoms with Crippen molar-refractivity contribution in [1.82, 2.24) is 9.97 Å². The summed E-state index contributed by atoms with van der Waals surface area (Å²) in [6, 6.07) is 12.8. The van der Waals surface area contributed by atoms with Gasteiger partial charge in [-0.3, -0.25) is 0 Å². The van der Waals surface area contributed by atoms with Gasteiger partial charge in [-0.25, -0.2) is 9.37 Å². The molecule has 0 aliphatic rings. The molecule has 5 nitrogen and oxygen atoms in total. The second-order valence-corrected chi connectivity index (χ2v) is 7.20. The zero-order valence-electron chi connectivity index (χ0n) is 17.3. The summed E-state index contributed by atoms with van der Waals surface area (Å²) >= 11 is 0. The maximum Gasteiger partial charge on any atom is 0.165 e. The Balaban J connectivity index is 1.76. The van der Waals surface area contributed by atoms with E-state index in [-0.39, 0.29) is 17.7 Å². The van der Waals surface area contributed by atoms with Gasteiger partial charge in [-0.1, -0.05) is 12.1 Å². The number of aromatic nitrogens is 2. The lowest BCUT2D eigenvalue weighted by molar-refractivity contribution is 0.231. The third-order valence-corrected chi connectivity index (χ3v) is 4.85. The minimum atomic E-state index is -0.389. The van der Waals surface area contributed by atoms with E-state index in [9.17, 15) is 4.39 Å². The highest BCUT2D eigenvalue weighted by molar-refractivity contribution is 5.96. The second kappa shape index (κ2) is 8.06. The first-order chi connectivity index (χ1) is 14.5. The first-order valence-electron chi connectivity index (χ1n) is 9.66. The number of rotatable bonds is 6. The fraction of sp³-hybridized carbons (Fsp3) is 0.208. The molecule has 0 unspecified atom stereocenters. The molecular weight excluding hydrogens is 383 g/mol. The van der Waals surface area contributed by atoms with Crippen LogP contribution in [0.4, 0.5) is 4.39 Å². The van der Waals surface area contributed by atoms with E-state index in [0.717, 1.165) is 33.3 Å². The van der Waals surface area contributed by atoms with E-state index in [1.165, 1.54) is 6.07 Å². The van der Waals surface area contributed by atoms with Crippen LogP contribution < -0.4 is 14.2 Å². The average Bonchev–Trinajstić information content (AvgIpc) is 3.17. The molecule has 4 rings (SSSR count). The monoisotopic (exact) mass is 406 g/mol. The smallest absolute Gasteiger partial charge is 0.165 e. The van der Waals surface area contributed by atoms with Crippen molar-refractivity contribution in [1.29, 1.82) is 0 Å². The van der Waals surface area contributed by atoms with Crippen LogP contribution in [-0.4, -0.2) is 30.3 Å². The molecule has 0 atom stereocenters. The van der Waals surface area contributed by atoms with Crippen molar-refractivity contribution >= 4 is 11.0 Å². The molecule has 0 radical (unpaired) electrons. The Morgan fingerprint density at radius 3 is 2.30 bits per heavy atom. The lowest BCUT2D eigenvalue weighted by Gasteiger charge is -2.11. The molecule has 4 aromatic rings. The number of hydrogen-bond acceptors (Lipinski definition) is 4. The largest absolute Gasteiger partial charge is 0.493 e. The molecule has 0 fully saturated rings. The fourth-order valence-electron chi connectivity index (χ4n) is 3.43. The molecule has 0 saturated carbocycles. The van der Waals surface area contributed by atoms with Crippen molar-refractivity contribution in [2.75, 3.05) is 14.2 Å². The van der Waals surface area contributed by atoms with Gasteiger partial charge in [-0.05, 0) is 55.3 Å². The molecule has 154 valence electrons. The maximum absolute atomic E-state index is 14.5. The van der Waals surface area contributed by atoms with Crippen LogP contribution >= 0.6 is 0 Å². The summed E-state index contributed by atoms with van der Waals surface area (Å²) < 4.78 is 30.8. The van der Waals surface area contributed by atoms with E-state index >= 15 is 0 Å². The van der Waals surface area contributed by atoms with E-state index in [1.54, 1.807) is 26.5 Å². The van der Waals surface area contributed by atoms with E-state index in [1.807, 2.05) is 50.4 Å². The molecule has 2 aromatic carbocycles. The molecule has 0 amide bonds. The number of halogens is 1. The Labute approximate surface area is 174 Å². The summed E-state index contributed by atoms with van der Waals surface area (Å²) in [4.78, 5) is 7.70. The van der Waals surface area contributed by atoms with Crippen molar-refractivity contribution < 1.29 is 18.6 Å². The summed E-state index contributed by atoms with van der Waals surface area (Å²) in [7, 11) is 3.21. The number of pyridine rings is 1. The Kier molecular flexibility index (Phi) is 5.31. The highest BCUT2D eigenvalue weighted by Gasteiger charge is 2.13. The van der Waals surface area contributed by atoms with Gasteiger partial charge in [0.15, 0.2) is 23.1 Å². The van der Waals surface area contributed by atoms with E-state index in [2.05, 4.69) is 9.97 Å². The van der Waals surface area contributed by atoms with Gasteiger partial charge in [0, 0.05) is 28.9 Å². The summed E-state index contributed by atoms with van der Waals surface area (Å²) in [5, 5.41) is 0.902. The van der Waals surface area contributed by atoms with Gasteiger partial charge in [-0.2, -0.15) is 0 Å².